The summed E-state index contributed by atoms with van der Waals surface area (Å²) in [4.78, 5) is 0.311. The molecule has 1 atom stereocenters. The molecule has 0 radical (unpaired) electrons. The highest BCUT2D eigenvalue weighted by molar-refractivity contribution is 7.80. The third-order valence-electron chi connectivity index (χ3n) is 2.89. The molecule has 5 heteroatoms. The molecule has 1 rings (SSSR count). The van der Waals surface area contributed by atoms with Crippen LogP contribution in [0.25, 0.3) is 0 Å². The SMILES string of the molecule is CCOCC(Nc1ccc(C(N)=S)c(Cl)c1)C(C)C. The van der Waals surface area contributed by atoms with E-state index in [1.165, 1.54) is 0 Å². The zero-order valence-electron chi connectivity index (χ0n) is 11.6. The third kappa shape index (κ3) is 4.97. The van der Waals surface area contributed by atoms with Crippen molar-refractivity contribution in [1.82, 2.24) is 0 Å². The van der Waals surface area contributed by atoms with E-state index in [-0.39, 0.29) is 6.04 Å². The number of hydrogen-bond donors (Lipinski definition) is 2. The van der Waals surface area contributed by atoms with Gasteiger partial charge in [0.25, 0.3) is 0 Å². The summed E-state index contributed by atoms with van der Waals surface area (Å²) in [6, 6.07) is 5.86. The van der Waals surface area contributed by atoms with E-state index in [0.29, 0.717) is 34.7 Å². The Balaban J connectivity index is 2.79. The standard InChI is InChI=1S/C14H21ClN2OS/c1-4-18-8-13(9(2)3)17-10-5-6-11(14(16)19)12(15)7-10/h5-7,9,13,17H,4,8H2,1-3H3,(H2,16,19). The van der Waals surface area contributed by atoms with Crippen LogP contribution in [0.2, 0.25) is 5.02 Å². The van der Waals surface area contributed by atoms with Gasteiger partial charge < -0.3 is 15.8 Å². The Morgan fingerprint density at radius 1 is 1.47 bits per heavy atom. The molecule has 19 heavy (non-hydrogen) atoms. The molecule has 3 nitrogen and oxygen atoms in total. The van der Waals surface area contributed by atoms with Crippen LogP contribution in [0.4, 0.5) is 5.69 Å². The van der Waals surface area contributed by atoms with Crippen molar-refractivity contribution < 1.29 is 4.74 Å². The fraction of sp³-hybridized carbons (Fsp3) is 0.500. The molecular weight excluding hydrogens is 280 g/mol. The van der Waals surface area contributed by atoms with Gasteiger partial charge in [-0.3, -0.25) is 0 Å². The molecule has 0 saturated carbocycles. The summed E-state index contributed by atoms with van der Waals surface area (Å²) < 4.78 is 5.49. The van der Waals surface area contributed by atoms with Crippen LogP contribution in [0.15, 0.2) is 18.2 Å². The highest BCUT2D eigenvalue weighted by atomic mass is 35.5. The van der Waals surface area contributed by atoms with E-state index in [9.17, 15) is 0 Å². The largest absolute Gasteiger partial charge is 0.389 e. The fourth-order valence-electron chi connectivity index (χ4n) is 1.66. The number of nitrogens with two attached hydrogens (primary N) is 1. The first kappa shape index (κ1) is 16.2. The molecule has 0 saturated heterocycles. The van der Waals surface area contributed by atoms with Gasteiger partial charge >= 0.3 is 0 Å². The molecule has 1 unspecified atom stereocenters. The average Bonchev–Trinajstić information content (AvgIpc) is 2.33. The molecule has 1 aromatic rings. The van der Waals surface area contributed by atoms with Crippen LogP contribution in [-0.2, 0) is 4.74 Å². The second-order valence-corrected chi connectivity index (χ2v) is 5.56. The molecule has 0 spiro atoms. The van der Waals surface area contributed by atoms with Crippen molar-refractivity contribution in [2.75, 3.05) is 18.5 Å². The molecule has 0 heterocycles. The summed E-state index contributed by atoms with van der Waals surface area (Å²) in [5.41, 5.74) is 7.24. The number of rotatable bonds is 7. The minimum absolute atomic E-state index is 0.242. The average molecular weight is 301 g/mol. The lowest BCUT2D eigenvalue weighted by atomic mass is 10.0. The van der Waals surface area contributed by atoms with E-state index in [0.717, 1.165) is 5.69 Å². The zero-order valence-corrected chi connectivity index (χ0v) is 13.1. The third-order valence-corrected chi connectivity index (χ3v) is 3.43. The van der Waals surface area contributed by atoms with Crippen molar-refractivity contribution in [1.29, 1.82) is 0 Å². The lowest BCUT2D eigenvalue weighted by Crippen LogP contribution is -2.31. The van der Waals surface area contributed by atoms with Crippen molar-refractivity contribution in [2.24, 2.45) is 11.7 Å². The van der Waals surface area contributed by atoms with E-state index in [1.807, 2.05) is 25.1 Å². The summed E-state index contributed by atoms with van der Waals surface area (Å²) in [6.45, 7) is 7.68. The predicted octanol–water partition coefficient (Wildman–Crippen LogP) is 3.45. The van der Waals surface area contributed by atoms with Crippen molar-refractivity contribution in [3.05, 3.63) is 28.8 Å². The molecule has 0 aliphatic carbocycles. The quantitative estimate of drug-likeness (QED) is 0.757. The maximum atomic E-state index is 6.15. The molecule has 0 aromatic heterocycles. The van der Waals surface area contributed by atoms with Crippen molar-refractivity contribution in [3.8, 4) is 0 Å². The van der Waals surface area contributed by atoms with Gasteiger partial charge in [0.15, 0.2) is 0 Å². The first-order chi connectivity index (χ1) is 8.95. The van der Waals surface area contributed by atoms with Gasteiger partial charge in [0.1, 0.15) is 4.99 Å². The van der Waals surface area contributed by atoms with Gasteiger partial charge in [-0.1, -0.05) is 37.7 Å². The van der Waals surface area contributed by atoms with Crippen LogP contribution in [0, 0.1) is 5.92 Å². The summed E-state index contributed by atoms with van der Waals surface area (Å²) >= 11 is 11.1. The van der Waals surface area contributed by atoms with Gasteiger partial charge in [-0.15, -0.1) is 0 Å². The van der Waals surface area contributed by atoms with E-state index < -0.39 is 0 Å². The topological polar surface area (TPSA) is 47.3 Å². The van der Waals surface area contributed by atoms with Crippen molar-refractivity contribution in [2.45, 2.75) is 26.8 Å². The first-order valence-electron chi connectivity index (χ1n) is 6.39. The van der Waals surface area contributed by atoms with Crippen molar-refractivity contribution >= 4 is 34.5 Å². The van der Waals surface area contributed by atoms with Crippen LogP contribution in [-0.4, -0.2) is 24.2 Å². The fourth-order valence-corrected chi connectivity index (χ4v) is 2.18. The van der Waals surface area contributed by atoms with Gasteiger partial charge in [-0.2, -0.15) is 0 Å². The van der Waals surface area contributed by atoms with Crippen LogP contribution in [0.1, 0.15) is 26.3 Å². The highest BCUT2D eigenvalue weighted by Crippen LogP contribution is 2.22. The minimum Gasteiger partial charge on any atom is -0.389 e. The Morgan fingerprint density at radius 2 is 2.16 bits per heavy atom. The Labute approximate surface area is 125 Å². The Hall–Kier alpha value is -0.840. The number of hydrogen-bond acceptors (Lipinski definition) is 3. The van der Waals surface area contributed by atoms with Crippen molar-refractivity contribution in [3.63, 3.8) is 0 Å². The van der Waals surface area contributed by atoms with E-state index in [4.69, 9.17) is 34.3 Å². The normalized spacial score (nSPS) is 12.5. The maximum Gasteiger partial charge on any atom is 0.105 e. The smallest absolute Gasteiger partial charge is 0.105 e. The molecule has 106 valence electrons. The van der Waals surface area contributed by atoms with Gasteiger partial charge in [0.2, 0.25) is 0 Å². The Kier molecular flexibility index (Phi) is 6.55. The molecule has 0 bridgehead atoms. The number of nitrogens with one attached hydrogen (secondary N) is 1. The minimum atomic E-state index is 0.242. The van der Waals surface area contributed by atoms with Gasteiger partial charge in [-0.05, 0) is 31.0 Å². The molecule has 0 aliphatic heterocycles. The monoisotopic (exact) mass is 300 g/mol. The van der Waals surface area contributed by atoms with Crippen LogP contribution < -0.4 is 11.1 Å². The molecule has 3 N–H and O–H groups in total. The van der Waals surface area contributed by atoms with Crippen LogP contribution >= 0.6 is 23.8 Å². The number of ether oxygens (including phenoxy) is 1. The van der Waals surface area contributed by atoms with Crippen LogP contribution in [0.5, 0.6) is 0 Å². The molecule has 0 fully saturated rings. The van der Waals surface area contributed by atoms with Crippen LogP contribution in [0.3, 0.4) is 0 Å². The number of anilines is 1. The Bertz CT molecular complexity index is 437. The molecule has 0 amide bonds. The number of halogens is 1. The second-order valence-electron chi connectivity index (χ2n) is 4.71. The lowest BCUT2D eigenvalue weighted by molar-refractivity contribution is 0.127. The number of benzene rings is 1. The summed E-state index contributed by atoms with van der Waals surface area (Å²) in [6.07, 6.45) is 0. The maximum absolute atomic E-state index is 6.15. The van der Waals surface area contributed by atoms with Gasteiger partial charge in [-0.25, -0.2) is 0 Å². The summed E-state index contributed by atoms with van der Waals surface area (Å²) in [7, 11) is 0. The summed E-state index contributed by atoms with van der Waals surface area (Å²) in [5, 5.41) is 3.99. The number of thiocarbonyl (C=S) groups is 1. The van der Waals surface area contributed by atoms with E-state index >= 15 is 0 Å². The Morgan fingerprint density at radius 3 is 2.63 bits per heavy atom. The van der Waals surface area contributed by atoms with E-state index in [2.05, 4.69) is 19.2 Å². The zero-order chi connectivity index (χ0) is 14.4. The molecular formula is C14H21ClN2OS. The van der Waals surface area contributed by atoms with Gasteiger partial charge in [0, 0.05) is 17.9 Å². The molecule has 0 aliphatic rings. The second kappa shape index (κ2) is 7.68. The lowest BCUT2D eigenvalue weighted by Gasteiger charge is -2.23. The first-order valence-corrected chi connectivity index (χ1v) is 7.18. The molecule has 1 aromatic carbocycles. The van der Waals surface area contributed by atoms with E-state index in [1.54, 1.807) is 0 Å². The van der Waals surface area contributed by atoms with Gasteiger partial charge in [0.05, 0.1) is 17.7 Å². The summed E-state index contributed by atoms with van der Waals surface area (Å²) in [5.74, 6) is 0.459. The highest BCUT2D eigenvalue weighted by Gasteiger charge is 2.14. The predicted molar refractivity (Wildman–Crippen MR) is 86.1 cm³/mol.